The quantitative estimate of drug-likeness (QED) is 0.258. The van der Waals surface area contributed by atoms with Crippen molar-refractivity contribution in [2.45, 2.75) is 51.0 Å². The number of nitrogens with one attached hydrogen (secondary N) is 3. The van der Waals surface area contributed by atoms with Gasteiger partial charge in [0.1, 0.15) is 0 Å². The number of fused-ring (bicyclic) bond motifs is 1. The van der Waals surface area contributed by atoms with E-state index in [1.807, 2.05) is 17.0 Å². The number of carbonyl (C=O) groups excluding carboxylic acids is 1. The highest BCUT2D eigenvalue weighted by Gasteiger charge is 2.33. The Bertz CT molecular complexity index is 1260. The molecular formula is C22H29ClN10O2. The number of carbonyl (C=O) groups is 1. The summed E-state index contributed by atoms with van der Waals surface area (Å²) in [6.07, 6.45) is 3.14. The van der Waals surface area contributed by atoms with Gasteiger partial charge in [0.2, 0.25) is 11.9 Å². The van der Waals surface area contributed by atoms with Crippen molar-refractivity contribution in [1.29, 1.82) is 0 Å². The summed E-state index contributed by atoms with van der Waals surface area (Å²) in [6, 6.07) is 3.72. The summed E-state index contributed by atoms with van der Waals surface area (Å²) >= 11 is 6.83. The van der Waals surface area contributed by atoms with Gasteiger partial charge in [-0.25, -0.2) is 9.50 Å². The van der Waals surface area contributed by atoms with E-state index in [0.717, 1.165) is 24.1 Å². The maximum atomic E-state index is 11.5. The molecular weight excluding hydrogens is 472 g/mol. The number of rotatable bonds is 8. The summed E-state index contributed by atoms with van der Waals surface area (Å²) in [5.74, 6) is 0.754. The lowest BCUT2D eigenvalue weighted by atomic mass is 10.1. The van der Waals surface area contributed by atoms with Crippen molar-refractivity contribution >= 4 is 46.3 Å². The van der Waals surface area contributed by atoms with Gasteiger partial charge in [-0.2, -0.15) is 4.98 Å². The maximum absolute atomic E-state index is 11.5. The third kappa shape index (κ3) is 4.82. The van der Waals surface area contributed by atoms with Crippen LogP contribution in [-0.4, -0.2) is 61.9 Å². The number of anilines is 4. The largest absolute Gasteiger partial charge is 0.389 e. The average Bonchev–Trinajstić information content (AvgIpc) is 3.43. The highest BCUT2D eigenvalue weighted by atomic mass is 35.5. The van der Waals surface area contributed by atoms with Crippen molar-refractivity contribution in [2.75, 3.05) is 28.6 Å². The summed E-state index contributed by atoms with van der Waals surface area (Å²) in [4.78, 5) is 22.5. The molecule has 2 aliphatic rings. The number of hydrogen-bond acceptors (Lipinski definition) is 10. The molecule has 8 N–H and O–H groups in total. The van der Waals surface area contributed by atoms with E-state index in [-0.39, 0.29) is 25.0 Å². The minimum atomic E-state index is -0.717. The molecule has 5 rings (SSSR count). The smallest absolute Gasteiger partial charge is 0.247 e. The molecule has 1 saturated carbocycles. The lowest BCUT2D eigenvalue weighted by Crippen LogP contribution is -2.41. The molecule has 2 atom stereocenters. The molecule has 1 amide bonds. The van der Waals surface area contributed by atoms with Crippen molar-refractivity contribution in [2.24, 2.45) is 11.5 Å². The van der Waals surface area contributed by atoms with Crippen LogP contribution >= 0.6 is 11.6 Å². The van der Waals surface area contributed by atoms with Crippen molar-refractivity contribution in [3.05, 3.63) is 34.6 Å². The molecule has 12 nitrogen and oxygen atoms in total. The standard InChI is InChI=1S/C22H29ClN10O2/c1-11(34)27-16-9-32(10-18(16)35)17-5-12(6-24)4-15(19(17)23)29-22-30-20(28-13-2-3-13)21-26-8-14(7-25)33(21)31-22/h4-5,8,13,16,18,35H,2-3,6-7,9-10,24-25H2,1H3,(H,27,34)(H2,28,29,30,31)/t16-,18-/m1/s1. The first-order valence-corrected chi connectivity index (χ1v) is 11.9. The number of nitrogens with zero attached hydrogens (tertiary/aromatic N) is 5. The first-order valence-electron chi connectivity index (χ1n) is 11.6. The predicted octanol–water partition coefficient (Wildman–Crippen LogP) is 0.699. The molecule has 0 bridgehead atoms. The fraction of sp³-hybridized carbons (Fsp3) is 0.455. The van der Waals surface area contributed by atoms with E-state index in [1.54, 1.807) is 10.7 Å². The van der Waals surface area contributed by atoms with Gasteiger partial charge in [-0.1, -0.05) is 11.6 Å². The van der Waals surface area contributed by atoms with Gasteiger partial charge < -0.3 is 37.4 Å². The van der Waals surface area contributed by atoms with E-state index in [2.05, 4.69) is 31.0 Å². The molecule has 186 valence electrons. The van der Waals surface area contributed by atoms with Gasteiger partial charge in [0, 0.05) is 39.1 Å². The number of aromatic nitrogens is 4. The van der Waals surface area contributed by atoms with E-state index in [9.17, 15) is 9.90 Å². The Kier molecular flexibility index (Phi) is 6.36. The Hall–Kier alpha value is -3.19. The number of aliphatic hydroxyl groups excluding tert-OH is 1. The molecule has 1 aliphatic heterocycles. The summed E-state index contributed by atoms with van der Waals surface area (Å²) in [7, 11) is 0. The van der Waals surface area contributed by atoms with Crippen molar-refractivity contribution in [3.63, 3.8) is 0 Å². The fourth-order valence-corrected chi connectivity index (χ4v) is 4.53. The topological polar surface area (TPSA) is 172 Å². The lowest BCUT2D eigenvalue weighted by molar-refractivity contribution is -0.120. The van der Waals surface area contributed by atoms with Gasteiger partial charge in [0.05, 0.1) is 40.4 Å². The van der Waals surface area contributed by atoms with Crippen LogP contribution in [0.1, 0.15) is 31.0 Å². The maximum Gasteiger partial charge on any atom is 0.247 e. The van der Waals surface area contributed by atoms with Crippen LogP contribution in [0.2, 0.25) is 5.02 Å². The minimum absolute atomic E-state index is 0.195. The Morgan fingerprint density at radius 2 is 2.06 bits per heavy atom. The molecule has 3 aromatic rings. The van der Waals surface area contributed by atoms with E-state index >= 15 is 0 Å². The Morgan fingerprint density at radius 3 is 2.74 bits per heavy atom. The predicted molar refractivity (Wildman–Crippen MR) is 134 cm³/mol. The van der Waals surface area contributed by atoms with E-state index in [4.69, 9.17) is 23.1 Å². The number of nitrogens with two attached hydrogens (primary N) is 2. The molecule has 1 saturated heterocycles. The van der Waals surface area contributed by atoms with E-state index < -0.39 is 6.10 Å². The summed E-state index contributed by atoms with van der Waals surface area (Å²) in [6.45, 7) is 2.74. The Labute approximate surface area is 207 Å². The van der Waals surface area contributed by atoms with Gasteiger partial charge in [-0.05, 0) is 30.5 Å². The van der Waals surface area contributed by atoms with Crippen molar-refractivity contribution in [3.8, 4) is 0 Å². The molecule has 3 heterocycles. The normalized spacial score (nSPS) is 19.9. The number of hydrogen-bond donors (Lipinski definition) is 6. The van der Waals surface area contributed by atoms with Crippen LogP contribution in [0.25, 0.3) is 5.65 Å². The van der Waals surface area contributed by atoms with Crippen LogP contribution < -0.4 is 32.3 Å². The van der Waals surface area contributed by atoms with Gasteiger partial charge >= 0.3 is 0 Å². The van der Waals surface area contributed by atoms with Crippen LogP contribution in [0.5, 0.6) is 0 Å². The van der Waals surface area contributed by atoms with Crippen LogP contribution in [0.15, 0.2) is 18.3 Å². The Morgan fingerprint density at radius 1 is 1.26 bits per heavy atom. The SMILES string of the molecule is CC(=O)N[C@@H]1CN(c2cc(CN)cc(Nc3nc(NC4CC4)c4ncc(CN)n4n3)c2Cl)C[C@H]1O. The molecule has 13 heteroatoms. The number of imidazole rings is 1. The second-order valence-corrected chi connectivity index (χ2v) is 9.35. The highest BCUT2D eigenvalue weighted by molar-refractivity contribution is 6.36. The summed E-state index contributed by atoms with van der Waals surface area (Å²) < 4.78 is 1.68. The molecule has 2 aromatic heterocycles. The zero-order chi connectivity index (χ0) is 24.7. The molecule has 1 aromatic carbocycles. The Balaban J connectivity index is 1.49. The number of aliphatic hydroxyl groups is 1. The van der Waals surface area contributed by atoms with Crippen molar-refractivity contribution < 1.29 is 9.90 Å². The fourth-order valence-electron chi connectivity index (χ4n) is 4.25. The summed E-state index contributed by atoms with van der Waals surface area (Å²) in [5.41, 5.74) is 15.3. The van der Waals surface area contributed by atoms with Crippen molar-refractivity contribution in [1.82, 2.24) is 24.9 Å². The van der Waals surface area contributed by atoms with Gasteiger partial charge in [0.25, 0.3) is 0 Å². The lowest BCUT2D eigenvalue weighted by Gasteiger charge is -2.23. The molecule has 0 unspecified atom stereocenters. The van der Waals surface area contributed by atoms with Gasteiger partial charge in [-0.3, -0.25) is 4.79 Å². The van der Waals surface area contributed by atoms with Gasteiger partial charge in [-0.15, -0.1) is 5.10 Å². The number of halogens is 1. The number of benzene rings is 1. The number of amides is 1. The molecule has 35 heavy (non-hydrogen) atoms. The van der Waals surface area contributed by atoms with E-state index in [1.165, 1.54) is 6.92 Å². The minimum Gasteiger partial charge on any atom is -0.389 e. The third-order valence-corrected chi connectivity index (χ3v) is 6.57. The number of β-amino-alcohol motifs (C(OH)–C–C–N with tert-alkyl or cyclic N) is 1. The van der Waals surface area contributed by atoms with Gasteiger partial charge in [0.15, 0.2) is 11.5 Å². The van der Waals surface area contributed by atoms with Crippen LogP contribution in [0.3, 0.4) is 0 Å². The molecule has 1 aliphatic carbocycles. The van der Waals surface area contributed by atoms with E-state index in [0.29, 0.717) is 52.9 Å². The monoisotopic (exact) mass is 500 g/mol. The molecule has 2 fully saturated rings. The molecule has 0 radical (unpaired) electrons. The second-order valence-electron chi connectivity index (χ2n) is 8.98. The third-order valence-electron chi connectivity index (χ3n) is 6.17. The van der Waals surface area contributed by atoms with Crippen LogP contribution in [0.4, 0.5) is 23.1 Å². The first kappa shape index (κ1) is 23.5. The van der Waals surface area contributed by atoms with Crippen LogP contribution in [-0.2, 0) is 17.9 Å². The second kappa shape index (κ2) is 9.46. The zero-order valence-corrected chi connectivity index (χ0v) is 20.1. The zero-order valence-electron chi connectivity index (χ0n) is 19.3. The molecule has 0 spiro atoms. The first-order chi connectivity index (χ1) is 16.9. The van der Waals surface area contributed by atoms with Crippen LogP contribution in [0, 0.1) is 0 Å². The highest BCUT2D eigenvalue weighted by Crippen LogP contribution is 2.37. The summed E-state index contributed by atoms with van der Waals surface area (Å²) in [5, 5.41) is 24.9. The average molecular weight is 501 g/mol.